The molecule has 8 heteroatoms. The Morgan fingerprint density at radius 1 is 1.10 bits per heavy atom. The van der Waals surface area contributed by atoms with Crippen LogP contribution in [0.15, 0.2) is 67.0 Å². The summed E-state index contributed by atoms with van der Waals surface area (Å²) in [5.41, 5.74) is 2.84. The smallest absolute Gasteiger partial charge is 0.239 e. The normalized spacial score (nSPS) is 10.9. The molecule has 2 aromatic heterocycles. The lowest BCUT2D eigenvalue weighted by molar-refractivity contribution is -0.116. The third-order valence-electron chi connectivity index (χ3n) is 4.63. The van der Waals surface area contributed by atoms with E-state index in [-0.39, 0.29) is 5.91 Å². The van der Waals surface area contributed by atoms with Crippen molar-refractivity contribution < 1.29 is 9.53 Å². The van der Waals surface area contributed by atoms with E-state index in [1.807, 2.05) is 30.3 Å². The Morgan fingerprint density at radius 3 is 2.61 bits per heavy atom. The maximum absolute atomic E-state index is 13.2. The minimum Gasteiger partial charge on any atom is -0.494 e. The molecule has 0 saturated heterocycles. The van der Waals surface area contributed by atoms with Crippen LogP contribution in [0.5, 0.6) is 5.75 Å². The van der Waals surface area contributed by atoms with Gasteiger partial charge in [0, 0.05) is 18.1 Å². The molecule has 0 saturated carbocycles. The van der Waals surface area contributed by atoms with Crippen LogP contribution >= 0.6 is 34.7 Å². The quantitative estimate of drug-likeness (QED) is 0.325. The fourth-order valence-corrected chi connectivity index (χ4v) is 5.20. The van der Waals surface area contributed by atoms with Crippen molar-refractivity contribution in [1.82, 2.24) is 9.97 Å². The summed E-state index contributed by atoms with van der Waals surface area (Å²) in [5, 5.41) is 1.19. The van der Waals surface area contributed by atoms with Crippen molar-refractivity contribution in [2.24, 2.45) is 0 Å². The van der Waals surface area contributed by atoms with Crippen molar-refractivity contribution in [3.8, 4) is 5.75 Å². The highest BCUT2D eigenvalue weighted by atomic mass is 35.5. The first-order valence-corrected chi connectivity index (χ1v) is 11.9. The number of hydrogen-bond donors (Lipinski definition) is 0. The Bertz CT molecular complexity index is 1170. The molecule has 0 atom stereocenters. The lowest BCUT2D eigenvalue weighted by atomic mass is 10.2. The lowest BCUT2D eigenvalue weighted by Gasteiger charge is -2.20. The summed E-state index contributed by atoms with van der Waals surface area (Å²) < 4.78 is 6.24. The zero-order valence-corrected chi connectivity index (χ0v) is 19.2. The van der Waals surface area contributed by atoms with Crippen LogP contribution in [0.25, 0.3) is 10.2 Å². The van der Waals surface area contributed by atoms with E-state index in [0.29, 0.717) is 33.7 Å². The maximum Gasteiger partial charge on any atom is 0.239 e. The highest BCUT2D eigenvalue weighted by Gasteiger charge is 2.22. The highest BCUT2D eigenvalue weighted by molar-refractivity contribution is 7.99. The molecule has 0 aliphatic carbocycles. The summed E-state index contributed by atoms with van der Waals surface area (Å²) >= 11 is 9.38. The summed E-state index contributed by atoms with van der Waals surface area (Å²) in [4.78, 5) is 23.7. The number of benzene rings is 2. The number of methoxy groups -OCH3 is 1. The topological polar surface area (TPSA) is 55.3 Å². The SMILES string of the molecule is COc1ccc(Cl)c2sc(N(Cc3ccncc3)C(=O)CSCc3ccccc3)nc12. The summed E-state index contributed by atoms with van der Waals surface area (Å²) in [6.07, 6.45) is 3.45. The molecule has 2 aromatic carbocycles. The second-order valence-corrected chi connectivity index (χ2v) is 9.11. The van der Waals surface area contributed by atoms with E-state index in [1.165, 1.54) is 16.9 Å². The Balaban J connectivity index is 1.60. The van der Waals surface area contributed by atoms with Crippen molar-refractivity contribution >= 4 is 56.0 Å². The standard InChI is InChI=1S/C23H20ClN3O2S2/c1-29-19-8-7-18(24)22-21(19)26-23(31-22)27(13-16-9-11-25-12-10-16)20(28)15-30-14-17-5-3-2-4-6-17/h2-12H,13-15H2,1H3. The number of nitrogens with zero attached hydrogens (tertiary/aromatic N) is 3. The molecule has 0 fully saturated rings. The zero-order chi connectivity index (χ0) is 21.6. The highest BCUT2D eigenvalue weighted by Crippen LogP contribution is 2.39. The lowest BCUT2D eigenvalue weighted by Crippen LogP contribution is -2.31. The van der Waals surface area contributed by atoms with E-state index in [0.717, 1.165) is 16.0 Å². The number of hydrogen-bond acceptors (Lipinski definition) is 6. The van der Waals surface area contributed by atoms with Crippen LogP contribution in [0.2, 0.25) is 5.02 Å². The minimum absolute atomic E-state index is 0.00751. The molecule has 0 N–H and O–H groups in total. The molecule has 0 spiro atoms. The van der Waals surface area contributed by atoms with Gasteiger partial charge in [-0.15, -0.1) is 11.8 Å². The summed E-state index contributed by atoms with van der Waals surface area (Å²) in [5.74, 6) is 1.75. The first-order chi connectivity index (χ1) is 15.2. The number of aromatic nitrogens is 2. The van der Waals surface area contributed by atoms with Crippen LogP contribution in [0.4, 0.5) is 5.13 Å². The predicted molar refractivity (Wildman–Crippen MR) is 129 cm³/mol. The molecular formula is C23H20ClN3O2S2. The van der Waals surface area contributed by atoms with Gasteiger partial charge >= 0.3 is 0 Å². The maximum atomic E-state index is 13.2. The Hall–Kier alpha value is -2.61. The molecular weight excluding hydrogens is 450 g/mol. The number of halogens is 1. The van der Waals surface area contributed by atoms with Crippen LogP contribution < -0.4 is 9.64 Å². The second kappa shape index (κ2) is 10.1. The van der Waals surface area contributed by atoms with Crippen LogP contribution in [-0.4, -0.2) is 28.7 Å². The molecule has 4 rings (SSSR count). The number of fused-ring (bicyclic) bond motifs is 1. The van der Waals surface area contributed by atoms with Gasteiger partial charge in [-0.05, 0) is 35.4 Å². The van der Waals surface area contributed by atoms with E-state index < -0.39 is 0 Å². The average Bonchev–Trinajstić information content (AvgIpc) is 3.25. The number of thiazole rings is 1. The first kappa shape index (κ1) is 21.6. The van der Waals surface area contributed by atoms with E-state index in [9.17, 15) is 4.79 Å². The zero-order valence-electron chi connectivity index (χ0n) is 16.8. The van der Waals surface area contributed by atoms with E-state index in [2.05, 4.69) is 17.1 Å². The fraction of sp³-hybridized carbons (Fsp3) is 0.174. The van der Waals surface area contributed by atoms with Crippen LogP contribution in [0, 0.1) is 0 Å². The van der Waals surface area contributed by atoms with Crippen molar-refractivity contribution in [3.05, 3.63) is 83.1 Å². The van der Waals surface area contributed by atoms with Crippen LogP contribution in [0.3, 0.4) is 0 Å². The summed E-state index contributed by atoms with van der Waals surface area (Å²) in [7, 11) is 1.60. The van der Waals surface area contributed by atoms with Crippen LogP contribution in [-0.2, 0) is 17.1 Å². The number of pyridine rings is 1. The molecule has 31 heavy (non-hydrogen) atoms. The van der Waals surface area contributed by atoms with E-state index in [4.69, 9.17) is 21.3 Å². The number of rotatable bonds is 8. The fourth-order valence-electron chi connectivity index (χ4n) is 3.06. The monoisotopic (exact) mass is 469 g/mol. The molecule has 4 aromatic rings. The molecule has 2 heterocycles. The number of thioether (sulfide) groups is 1. The van der Waals surface area contributed by atoms with E-state index in [1.54, 1.807) is 48.3 Å². The summed E-state index contributed by atoms with van der Waals surface area (Å²) in [6, 6.07) is 17.5. The van der Waals surface area contributed by atoms with Gasteiger partial charge in [0.2, 0.25) is 5.91 Å². The molecule has 0 aliphatic rings. The van der Waals surface area contributed by atoms with Gasteiger partial charge in [0.05, 0.1) is 29.1 Å². The van der Waals surface area contributed by atoms with E-state index >= 15 is 0 Å². The van der Waals surface area contributed by atoms with Gasteiger partial charge < -0.3 is 4.74 Å². The number of anilines is 1. The molecule has 0 aliphatic heterocycles. The van der Waals surface area contributed by atoms with Gasteiger partial charge in [0.1, 0.15) is 11.3 Å². The Labute approximate surface area is 194 Å². The average molecular weight is 470 g/mol. The minimum atomic E-state index is -0.00751. The van der Waals surface area contributed by atoms with Gasteiger partial charge in [-0.2, -0.15) is 0 Å². The van der Waals surface area contributed by atoms with Gasteiger partial charge in [-0.3, -0.25) is 14.7 Å². The van der Waals surface area contributed by atoms with Gasteiger partial charge in [0.25, 0.3) is 0 Å². The number of amides is 1. The molecule has 0 bridgehead atoms. The van der Waals surface area contributed by atoms with Crippen LogP contribution in [0.1, 0.15) is 11.1 Å². The van der Waals surface area contributed by atoms with Gasteiger partial charge in [-0.1, -0.05) is 53.3 Å². The molecule has 0 radical (unpaired) electrons. The second-order valence-electron chi connectivity index (χ2n) is 6.74. The molecule has 0 unspecified atom stereocenters. The number of ether oxygens (including phenoxy) is 1. The van der Waals surface area contributed by atoms with Crippen molar-refractivity contribution in [2.75, 3.05) is 17.8 Å². The molecule has 1 amide bonds. The first-order valence-electron chi connectivity index (χ1n) is 9.59. The third kappa shape index (κ3) is 5.18. The number of carbonyl (C=O) groups excluding carboxylic acids is 1. The largest absolute Gasteiger partial charge is 0.494 e. The van der Waals surface area contributed by atoms with Crippen molar-refractivity contribution in [2.45, 2.75) is 12.3 Å². The predicted octanol–water partition coefficient (Wildman–Crippen LogP) is 5.82. The Kier molecular flexibility index (Phi) is 7.06. The van der Waals surface area contributed by atoms with Crippen molar-refractivity contribution in [1.29, 1.82) is 0 Å². The Morgan fingerprint density at radius 2 is 1.87 bits per heavy atom. The third-order valence-corrected chi connectivity index (χ3v) is 7.15. The van der Waals surface area contributed by atoms with Crippen molar-refractivity contribution in [3.63, 3.8) is 0 Å². The molecule has 158 valence electrons. The summed E-state index contributed by atoms with van der Waals surface area (Å²) in [6.45, 7) is 0.410. The number of carbonyl (C=O) groups is 1. The molecule has 5 nitrogen and oxygen atoms in total. The van der Waals surface area contributed by atoms with Gasteiger partial charge in [0.15, 0.2) is 5.13 Å². The van der Waals surface area contributed by atoms with Gasteiger partial charge in [-0.25, -0.2) is 4.98 Å².